The van der Waals surface area contributed by atoms with E-state index in [1.54, 1.807) is 18.2 Å². The highest BCUT2D eigenvalue weighted by Crippen LogP contribution is 2.31. The second-order valence-corrected chi connectivity index (χ2v) is 5.84. The lowest BCUT2D eigenvalue weighted by Gasteiger charge is -2.05. The highest BCUT2D eigenvalue weighted by atomic mass is 32.2. The summed E-state index contributed by atoms with van der Waals surface area (Å²) in [4.78, 5) is 0.345. The Morgan fingerprint density at radius 3 is 2.56 bits per heavy atom. The first-order valence-corrected chi connectivity index (χ1v) is 7.50. The van der Waals surface area contributed by atoms with Crippen LogP contribution in [0.25, 0.3) is 5.70 Å². The second-order valence-electron chi connectivity index (χ2n) is 4.07. The molecule has 0 unspecified atom stereocenters. The van der Waals surface area contributed by atoms with E-state index in [0.29, 0.717) is 16.2 Å². The molecule has 1 N–H and O–H groups in total. The van der Waals surface area contributed by atoms with E-state index >= 15 is 0 Å². The molecule has 5 heteroatoms. The Morgan fingerprint density at radius 1 is 1.22 bits per heavy atom. The van der Waals surface area contributed by atoms with Gasteiger partial charge in [-0.2, -0.15) is 5.10 Å². The van der Waals surface area contributed by atoms with E-state index in [4.69, 9.17) is 0 Å². The molecule has 18 heavy (non-hydrogen) atoms. The first-order chi connectivity index (χ1) is 8.58. The highest BCUT2D eigenvalue weighted by Gasteiger charge is 2.26. The number of hydrogen-bond acceptors (Lipinski definition) is 4. The smallest absolute Gasteiger partial charge is 0.202 e. The van der Waals surface area contributed by atoms with Crippen LogP contribution in [0, 0.1) is 0 Å². The van der Waals surface area contributed by atoms with Crippen LogP contribution in [-0.2, 0) is 9.84 Å². The molecule has 0 atom stereocenters. The van der Waals surface area contributed by atoms with Crippen molar-refractivity contribution < 1.29 is 8.42 Å². The summed E-state index contributed by atoms with van der Waals surface area (Å²) in [6.45, 7) is 4.05. The Bertz CT molecular complexity index is 610. The van der Waals surface area contributed by atoms with Crippen molar-refractivity contribution in [3.8, 4) is 0 Å². The molecule has 0 saturated carbocycles. The van der Waals surface area contributed by atoms with Gasteiger partial charge in [-0.05, 0) is 18.9 Å². The monoisotopic (exact) mass is 264 g/mol. The van der Waals surface area contributed by atoms with E-state index < -0.39 is 9.84 Å². The van der Waals surface area contributed by atoms with Gasteiger partial charge in [0.25, 0.3) is 0 Å². The van der Waals surface area contributed by atoms with Gasteiger partial charge in [-0.3, -0.25) is 5.43 Å². The number of nitrogens with one attached hydrogen (secondary N) is 1. The molecular formula is C13H16N2O2S. The zero-order chi connectivity index (χ0) is 13.2. The largest absolute Gasteiger partial charge is 0.277 e. The number of nitrogens with zero attached hydrogens (tertiary/aromatic N) is 1. The predicted molar refractivity (Wildman–Crippen MR) is 72.8 cm³/mol. The van der Waals surface area contributed by atoms with Crippen LogP contribution in [0.3, 0.4) is 0 Å². The SMILES string of the molecule is CCC(CC)=NNC1=CS(=O)(=O)c2ccccc21. The molecule has 0 saturated heterocycles. The summed E-state index contributed by atoms with van der Waals surface area (Å²) in [5.41, 5.74) is 5.11. The van der Waals surface area contributed by atoms with E-state index in [0.717, 1.165) is 18.6 Å². The minimum Gasteiger partial charge on any atom is -0.277 e. The molecule has 0 spiro atoms. The summed E-state index contributed by atoms with van der Waals surface area (Å²) in [7, 11) is -3.31. The Balaban J connectivity index is 2.35. The zero-order valence-corrected chi connectivity index (χ0v) is 11.3. The maximum absolute atomic E-state index is 11.9. The molecule has 1 aliphatic heterocycles. The summed E-state index contributed by atoms with van der Waals surface area (Å²) in [6, 6.07) is 6.94. The number of hydrazone groups is 1. The van der Waals surface area contributed by atoms with Crippen molar-refractivity contribution in [2.24, 2.45) is 5.10 Å². The van der Waals surface area contributed by atoms with Crippen LogP contribution in [0.5, 0.6) is 0 Å². The molecule has 1 aromatic carbocycles. The van der Waals surface area contributed by atoms with Crippen LogP contribution in [0.2, 0.25) is 0 Å². The maximum Gasteiger partial charge on any atom is 0.202 e. The normalized spacial score (nSPS) is 15.8. The lowest BCUT2D eigenvalue weighted by atomic mass is 10.2. The van der Waals surface area contributed by atoms with Gasteiger partial charge in [0, 0.05) is 11.3 Å². The summed E-state index contributed by atoms with van der Waals surface area (Å²) in [5, 5.41) is 5.48. The van der Waals surface area contributed by atoms with Crippen LogP contribution in [-0.4, -0.2) is 14.1 Å². The van der Waals surface area contributed by atoms with Gasteiger partial charge in [0.15, 0.2) is 0 Å². The Hall–Kier alpha value is -1.62. The summed E-state index contributed by atoms with van der Waals surface area (Å²) < 4.78 is 23.8. The zero-order valence-electron chi connectivity index (χ0n) is 10.5. The molecule has 0 aliphatic carbocycles. The van der Waals surface area contributed by atoms with E-state index in [1.807, 2.05) is 19.9 Å². The molecule has 1 aromatic rings. The molecule has 0 aromatic heterocycles. The van der Waals surface area contributed by atoms with Crippen LogP contribution >= 0.6 is 0 Å². The third kappa shape index (κ3) is 2.31. The lowest BCUT2D eigenvalue weighted by molar-refractivity contribution is 0.605. The number of fused-ring (bicyclic) bond motifs is 1. The molecule has 4 nitrogen and oxygen atoms in total. The molecular weight excluding hydrogens is 248 g/mol. The fraction of sp³-hybridized carbons (Fsp3) is 0.308. The Kier molecular flexibility index (Phi) is 3.52. The van der Waals surface area contributed by atoms with Gasteiger partial charge in [-0.15, -0.1) is 0 Å². The molecule has 96 valence electrons. The van der Waals surface area contributed by atoms with Crippen molar-refractivity contribution in [2.75, 3.05) is 0 Å². The molecule has 0 bridgehead atoms. The van der Waals surface area contributed by atoms with Crippen molar-refractivity contribution in [3.63, 3.8) is 0 Å². The van der Waals surface area contributed by atoms with Crippen LogP contribution in [0.1, 0.15) is 32.3 Å². The number of sulfone groups is 1. The molecule has 0 amide bonds. The Morgan fingerprint density at radius 2 is 1.89 bits per heavy atom. The van der Waals surface area contributed by atoms with Crippen molar-refractivity contribution in [3.05, 3.63) is 35.2 Å². The van der Waals surface area contributed by atoms with E-state index in [9.17, 15) is 8.42 Å². The van der Waals surface area contributed by atoms with Crippen molar-refractivity contribution in [1.29, 1.82) is 0 Å². The standard InChI is InChI=1S/C13H16N2O2S/c1-3-10(4-2)14-15-12-9-18(16,17)13-8-6-5-7-11(12)13/h5-9,15H,3-4H2,1-2H3. The van der Waals surface area contributed by atoms with Gasteiger partial charge >= 0.3 is 0 Å². The summed E-state index contributed by atoms with van der Waals surface area (Å²) in [6.07, 6.45) is 1.70. The molecule has 1 heterocycles. The van der Waals surface area contributed by atoms with Crippen LogP contribution in [0.4, 0.5) is 0 Å². The predicted octanol–water partition coefficient (Wildman–Crippen LogP) is 2.54. The van der Waals surface area contributed by atoms with Crippen molar-refractivity contribution >= 4 is 21.2 Å². The average Bonchev–Trinajstić information content (AvgIpc) is 2.63. The number of benzene rings is 1. The molecule has 0 fully saturated rings. The number of rotatable bonds is 4. The van der Waals surface area contributed by atoms with E-state index in [-0.39, 0.29) is 0 Å². The molecule has 1 aliphatic rings. The van der Waals surface area contributed by atoms with Gasteiger partial charge in [0.05, 0.1) is 16.0 Å². The molecule has 2 rings (SSSR count). The minimum atomic E-state index is -3.31. The van der Waals surface area contributed by atoms with Gasteiger partial charge in [-0.1, -0.05) is 32.0 Å². The first-order valence-electron chi connectivity index (χ1n) is 5.96. The Labute approximate surface area is 107 Å². The van der Waals surface area contributed by atoms with E-state index in [2.05, 4.69) is 10.5 Å². The van der Waals surface area contributed by atoms with Crippen molar-refractivity contribution in [2.45, 2.75) is 31.6 Å². The third-order valence-electron chi connectivity index (χ3n) is 2.91. The minimum absolute atomic E-state index is 0.345. The maximum atomic E-state index is 11.9. The summed E-state index contributed by atoms with van der Waals surface area (Å²) >= 11 is 0. The fourth-order valence-electron chi connectivity index (χ4n) is 1.85. The summed E-state index contributed by atoms with van der Waals surface area (Å²) in [5.74, 6) is 0. The van der Waals surface area contributed by atoms with Crippen LogP contribution < -0.4 is 5.43 Å². The fourth-order valence-corrected chi connectivity index (χ4v) is 3.22. The van der Waals surface area contributed by atoms with Crippen LogP contribution in [0.15, 0.2) is 39.7 Å². The number of hydrogen-bond donors (Lipinski definition) is 1. The van der Waals surface area contributed by atoms with Gasteiger partial charge in [0.2, 0.25) is 9.84 Å². The van der Waals surface area contributed by atoms with Gasteiger partial charge in [0.1, 0.15) is 0 Å². The third-order valence-corrected chi connectivity index (χ3v) is 4.42. The van der Waals surface area contributed by atoms with Gasteiger partial charge in [-0.25, -0.2) is 8.42 Å². The first kappa shape index (κ1) is 12.8. The average molecular weight is 264 g/mol. The topological polar surface area (TPSA) is 58.5 Å². The van der Waals surface area contributed by atoms with Gasteiger partial charge < -0.3 is 0 Å². The quantitative estimate of drug-likeness (QED) is 0.671. The highest BCUT2D eigenvalue weighted by molar-refractivity contribution is 7.94. The second kappa shape index (κ2) is 4.94. The lowest BCUT2D eigenvalue weighted by Crippen LogP contribution is -2.07. The van der Waals surface area contributed by atoms with E-state index in [1.165, 1.54) is 5.41 Å². The molecule has 0 radical (unpaired) electrons. The van der Waals surface area contributed by atoms with Crippen molar-refractivity contribution in [1.82, 2.24) is 5.43 Å².